The van der Waals surface area contributed by atoms with E-state index in [-0.39, 0.29) is 11.6 Å². The number of benzene rings is 1. The number of anilines is 1. The van der Waals surface area contributed by atoms with E-state index in [1.165, 1.54) is 0 Å². The summed E-state index contributed by atoms with van der Waals surface area (Å²) < 4.78 is 38.5. The van der Waals surface area contributed by atoms with Crippen LogP contribution >= 0.6 is 0 Å². The summed E-state index contributed by atoms with van der Waals surface area (Å²) in [6, 6.07) is 0.637. The molecule has 0 aliphatic rings. The Morgan fingerprint density at radius 2 is 1.78 bits per heavy atom. The normalized spacial score (nSPS) is 12.6. The molecule has 3 N–H and O–H groups in total. The number of rotatable bonds is 4. The molecular formula is C12H15F3N2O. The Hall–Kier alpha value is -1.56. The summed E-state index contributed by atoms with van der Waals surface area (Å²) in [5.74, 6) is -4.63. The fourth-order valence-corrected chi connectivity index (χ4v) is 1.48. The van der Waals surface area contributed by atoms with E-state index in [2.05, 4.69) is 5.32 Å². The van der Waals surface area contributed by atoms with Gasteiger partial charge in [0.1, 0.15) is 0 Å². The highest BCUT2D eigenvalue weighted by Crippen LogP contribution is 2.17. The van der Waals surface area contributed by atoms with Gasteiger partial charge in [0.25, 0.3) is 0 Å². The van der Waals surface area contributed by atoms with Gasteiger partial charge < -0.3 is 11.1 Å². The number of nitrogens with one attached hydrogen (secondary N) is 1. The van der Waals surface area contributed by atoms with Crippen molar-refractivity contribution in [1.82, 2.24) is 0 Å². The van der Waals surface area contributed by atoms with Crippen molar-refractivity contribution in [3.63, 3.8) is 0 Å². The van der Waals surface area contributed by atoms with Crippen molar-refractivity contribution in [3.05, 3.63) is 29.6 Å². The van der Waals surface area contributed by atoms with E-state index in [0.29, 0.717) is 18.6 Å². The Balaban J connectivity index is 2.76. The molecule has 3 nitrogen and oxygen atoms in total. The van der Waals surface area contributed by atoms with Crippen LogP contribution in [0, 0.1) is 23.4 Å². The molecule has 0 aromatic heterocycles. The van der Waals surface area contributed by atoms with Crippen LogP contribution in [0.3, 0.4) is 0 Å². The molecule has 0 aliphatic carbocycles. The molecule has 1 atom stereocenters. The predicted octanol–water partition coefficient (Wildman–Crippen LogP) is 2.42. The number of amides is 1. The standard InChI is InChI=1S/C12H15F3N2O/c1-6(2)3-10(16)12(18)17-7-4-8(13)11(15)9(14)5-7/h4-6,10H,3,16H2,1-2H3,(H,17,18)/t10-/m1/s1. The molecule has 0 bridgehead atoms. The van der Waals surface area contributed by atoms with Gasteiger partial charge in [-0.2, -0.15) is 0 Å². The highest BCUT2D eigenvalue weighted by Gasteiger charge is 2.17. The van der Waals surface area contributed by atoms with Crippen molar-refractivity contribution in [2.45, 2.75) is 26.3 Å². The summed E-state index contributed by atoms with van der Waals surface area (Å²) in [5.41, 5.74) is 5.44. The lowest BCUT2D eigenvalue weighted by atomic mass is 10.0. The molecule has 0 fully saturated rings. The first-order valence-electron chi connectivity index (χ1n) is 5.52. The van der Waals surface area contributed by atoms with Crippen molar-refractivity contribution in [1.29, 1.82) is 0 Å². The number of hydrogen-bond acceptors (Lipinski definition) is 2. The maximum Gasteiger partial charge on any atom is 0.241 e. The van der Waals surface area contributed by atoms with Gasteiger partial charge in [0, 0.05) is 17.8 Å². The SMILES string of the molecule is CC(C)C[C@@H](N)C(=O)Nc1cc(F)c(F)c(F)c1. The van der Waals surface area contributed by atoms with E-state index in [0.717, 1.165) is 0 Å². The van der Waals surface area contributed by atoms with Crippen LogP contribution in [0.2, 0.25) is 0 Å². The van der Waals surface area contributed by atoms with Crippen LogP contribution in [0.1, 0.15) is 20.3 Å². The largest absolute Gasteiger partial charge is 0.325 e. The van der Waals surface area contributed by atoms with Crippen LogP contribution in [-0.2, 0) is 4.79 Å². The summed E-state index contributed by atoms with van der Waals surface area (Å²) in [6.45, 7) is 3.79. The second-order valence-corrected chi connectivity index (χ2v) is 4.48. The Labute approximate surface area is 103 Å². The van der Waals surface area contributed by atoms with E-state index in [1.54, 1.807) is 0 Å². The first-order valence-corrected chi connectivity index (χ1v) is 5.52. The number of hydrogen-bond donors (Lipinski definition) is 2. The number of carbonyl (C=O) groups excluding carboxylic acids is 1. The molecule has 1 aromatic rings. The van der Waals surface area contributed by atoms with E-state index in [9.17, 15) is 18.0 Å². The summed E-state index contributed by atoms with van der Waals surface area (Å²) in [6.07, 6.45) is 0.442. The van der Waals surface area contributed by atoms with Gasteiger partial charge in [0.2, 0.25) is 5.91 Å². The average molecular weight is 260 g/mol. The first-order chi connectivity index (χ1) is 8.31. The van der Waals surface area contributed by atoms with Gasteiger partial charge in [-0.1, -0.05) is 13.8 Å². The van der Waals surface area contributed by atoms with Gasteiger partial charge in [-0.25, -0.2) is 13.2 Å². The summed E-state index contributed by atoms with van der Waals surface area (Å²) in [4.78, 5) is 11.6. The zero-order valence-electron chi connectivity index (χ0n) is 10.1. The van der Waals surface area contributed by atoms with Crippen molar-refractivity contribution in [2.24, 2.45) is 11.7 Å². The van der Waals surface area contributed by atoms with Gasteiger partial charge >= 0.3 is 0 Å². The third-order valence-electron chi connectivity index (χ3n) is 2.31. The minimum absolute atomic E-state index is 0.157. The zero-order valence-corrected chi connectivity index (χ0v) is 10.1. The Kier molecular flexibility index (Phi) is 4.72. The molecule has 0 radical (unpaired) electrons. The van der Waals surface area contributed by atoms with E-state index in [4.69, 9.17) is 5.73 Å². The van der Waals surface area contributed by atoms with E-state index < -0.39 is 29.4 Å². The lowest BCUT2D eigenvalue weighted by Crippen LogP contribution is -2.36. The molecule has 0 spiro atoms. The molecule has 0 saturated heterocycles. The third-order valence-corrected chi connectivity index (χ3v) is 2.31. The first kappa shape index (κ1) is 14.5. The van der Waals surface area contributed by atoms with Crippen LogP contribution < -0.4 is 11.1 Å². The van der Waals surface area contributed by atoms with Gasteiger partial charge in [-0.15, -0.1) is 0 Å². The van der Waals surface area contributed by atoms with Gasteiger partial charge in [-0.3, -0.25) is 4.79 Å². The third kappa shape index (κ3) is 3.73. The van der Waals surface area contributed by atoms with Crippen LogP contribution in [0.4, 0.5) is 18.9 Å². The molecule has 6 heteroatoms. The minimum atomic E-state index is -1.57. The van der Waals surface area contributed by atoms with Crippen LogP contribution in [-0.4, -0.2) is 11.9 Å². The topological polar surface area (TPSA) is 55.1 Å². The molecule has 0 aliphatic heterocycles. The van der Waals surface area contributed by atoms with Crippen molar-refractivity contribution in [3.8, 4) is 0 Å². The van der Waals surface area contributed by atoms with Crippen LogP contribution in [0.5, 0.6) is 0 Å². The quantitative estimate of drug-likeness (QED) is 0.817. The highest BCUT2D eigenvalue weighted by atomic mass is 19.2. The summed E-state index contributed by atoms with van der Waals surface area (Å²) in [7, 11) is 0. The summed E-state index contributed by atoms with van der Waals surface area (Å²) >= 11 is 0. The molecule has 0 saturated carbocycles. The molecule has 1 rings (SSSR count). The van der Waals surface area contributed by atoms with Gasteiger partial charge in [0.15, 0.2) is 17.5 Å². The maximum atomic E-state index is 12.9. The molecule has 18 heavy (non-hydrogen) atoms. The Morgan fingerprint density at radius 3 is 2.22 bits per heavy atom. The van der Waals surface area contributed by atoms with Gasteiger partial charge in [0.05, 0.1) is 6.04 Å². The molecular weight excluding hydrogens is 245 g/mol. The fraction of sp³-hybridized carbons (Fsp3) is 0.417. The zero-order chi connectivity index (χ0) is 13.9. The van der Waals surface area contributed by atoms with Crippen molar-refractivity contribution in [2.75, 3.05) is 5.32 Å². The number of nitrogens with two attached hydrogens (primary N) is 1. The predicted molar refractivity (Wildman–Crippen MR) is 62.4 cm³/mol. The monoisotopic (exact) mass is 260 g/mol. The van der Waals surface area contributed by atoms with E-state index >= 15 is 0 Å². The average Bonchev–Trinajstić information content (AvgIpc) is 2.24. The molecule has 1 amide bonds. The molecule has 0 unspecified atom stereocenters. The lowest BCUT2D eigenvalue weighted by Gasteiger charge is -2.14. The van der Waals surface area contributed by atoms with E-state index in [1.807, 2.05) is 13.8 Å². The molecule has 0 heterocycles. The molecule has 1 aromatic carbocycles. The second-order valence-electron chi connectivity index (χ2n) is 4.48. The van der Waals surface area contributed by atoms with Crippen LogP contribution in [0.15, 0.2) is 12.1 Å². The minimum Gasteiger partial charge on any atom is -0.325 e. The smallest absolute Gasteiger partial charge is 0.241 e. The maximum absolute atomic E-state index is 12.9. The number of carbonyl (C=O) groups is 1. The summed E-state index contributed by atoms with van der Waals surface area (Å²) in [5, 5.41) is 2.25. The van der Waals surface area contributed by atoms with Gasteiger partial charge in [-0.05, 0) is 12.3 Å². The second kappa shape index (κ2) is 5.86. The Bertz CT molecular complexity index is 426. The highest BCUT2D eigenvalue weighted by molar-refractivity contribution is 5.94. The molecule has 100 valence electrons. The Morgan fingerprint density at radius 1 is 1.28 bits per heavy atom. The fourth-order valence-electron chi connectivity index (χ4n) is 1.48. The van der Waals surface area contributed by atoms with Crippen molar-refractivity contribution >= 4 is 11.6 Å². The lowest BCUT2D eigenvalue weighted by molar-refractivity contribution is -0.117. The number of halogens is 3. The van der Waals surface area contributed by atoms with Crippen molar-refractivity contribution < 1.29 is 18.0 Å². The van der Waals surface area contributed by atoms with Crippen LogP contribution in [0.25, 0.3) is 0 Å².